The standard InChI is InChI=1S/C18H23N3O3/c1-13-19-18(24-20-13)16-5-3-4-12-21(16)17(22)11-8-14-6-9-15(23-2)10-7-14/h6-7,9-10,16H,3-5,8,11-12H2,1-2H3. The maximum absolute atomic E-state index is 12.7. The zero-order valence-corrected chi connectivity index (χ0v) is 14.2. The third kappa shape index (κ3) is 3.75. The number of aromatic nitrogens is 2. The van der Waals surface area contributed by atoms with E-state index < -0.39 is 0 Å². The first kappa shape index (κ1) is 16.5. The molecule has 2 heterocycles. The third-order valence-corrected chi connectivity index (χ3v) is 4.44. The minimum Gasteiger partial charge on any atom is -0.497 e. The second-order valence-electron chi connectivity index (χ2n) is 6.13. The van der Waals surface area contributed by atoms with Crippen molar-refractivity contribution < 1.29 is 14.1 Å². The predicted octanol–water partition coefficient (Wildman–Crippen LogP) is 3.07. The molecule has 0 saturated carbocycles. The monoisotopic (exact) mass is 329 g/mol. The van der Waals surface area contributed by atoms with Crippen LogP contribution in [0.1, 0.15) is 49.0 Å². The zero-order valence-electron chi connectivity index (χ0n) is 14.2. The molecule has 2 aromatic rings. The fraction of sp³-hybridized carbons (Fsp3) is 0.500. The van der Waals surface area contributed by atoms with Crippen LogP contribution < -0.4 is 4.74 Å². The molecule has 1 atom stereocenters. The van der Waals surface area contributed by atoms with Crippen LogP contribution in [0.2, 0.25) is 0 Å². The molecule has 1 aliphatic heterocycles. The fourth-order valence-corrected chi connectivity index (χ4v) is 3.12. The van der Waals surface area contributed by atoms with Crippen LogP contribution in [0.5, 0.6) is 5.75 Å². The van der Waals surface area contributed by atoms with Crippen LogP contribution in [0.15, 0.2) is 28.8 Å². The van der Waals surface area contributed by atoms with E-state index in [-0.39, 0.29) is 11.9 Å². The van der Waals surface area contributed by atoms with Gasteiger partial charge in [-0.2, -0.15) is 4.98 Å². The molecule has 1 aliphatic rings. The van der Waals surface area contributed by atoms with E-state index in [4.69, 9.17) is 9.26 Å². The molecule has 1 unspecified atom stereocenters. The molecule has 1 aromatic carbocycles. The van der Waals surface area contributed by atoms with Crippen molar-refractivity contribution in [3.63, 3.8) is 0 Å². The number of methoxy groups -OCH3 is 1. The third-order valence-electron chi connectivity index (χ3n) is 4.44. The number of hydrogen-bond acceptors (Lipinski definition) is 5. The van der Waals surface area contributed by atoms with Gasteiger partial charge < -0.3 is 14.2 Å². The molecule has 0 radical (unpaired) electrons. The van der Waals surface area contributed by atoms with E-state index in [1.54, 1.807) is 14.0 Å². The number of benzene rings is 1. The second-order valence-corrected chi connectivity index (χ2v) is 6.13. The zero-order chi connectivity index (χ0) is 16.9. The van der Waals surface area contributed by atoms with Crippen molar-refractivity contribution in [3.8, 4) is 5.75 Å². The van der Waals surface area contributed by atoms with Crippen molar-refractivity contribution >= 4 is 5.91 Å². The number of amides is 1. The van der Waals surface area contributed by atoms with Gasteiger partial charge in [-0.25, -0.2) is 0 Å². The van der Waals surface area contributed by atoms with Gasteiger partial charge in [0.15, 0.2) is 5.82 Å². The van der Waals surface area contributed by atoms with Crippen molar-refractivity contribution in [2.24, 2.45) is 0 Å². The van der Waals surface area contributed by atoms with Gasteiger partial charge in [-0.1, -0.05) is 17.3 Å². The second kappa shape index (κ2) is 7.47. The highest BCUT2D eigenvalue weighted by molar-refractivity contribution is 5.77. The Morgan fingerprint density at radius 2 is 2.12 bits per heavy atom. The van der Waals surface area contributed by atoms with Crippen LogP contribution in [0.4, 0.5) is 0 Å². The number of aryl methyl sites for hydroxylation is 2. The highest BCUT2D eigenvalue weighted by atomic mass is 16.5. The van der Waals surface area contributed by atoms with Crippen molar-refractivity contribution in [3.05, 3.63) is 41.5 Å². The van der Waals surface area contributed by atoms with E-state index in [2.05, 4.69) is 10.1 Å². The molecule has 128 valence electrons. The summed E-state index contributed by atoms with van der Waals surface area (Å²) in [6, 6.07) is 7.76. The Morgan fingerprint density at radius 3 is 2.79 bits per heavy atom. The van der Waals surface area contributed by atoms with E-state index in [0.717, 1.165) is 43.5 Å². The molecule has 1 saturated heterocycles. The Balaban J connectivity index is 1.63. The number of likely N-dealkylation sites (tertiary alicyclic amines) is 1. The summed E-state index contributed by atoms with van der Waals surface area (Å²) in [5.74, 6) is 2.14. The molecule has 6 nitrogen and oxygen atoms in total. The van der Waals surface area contributed by atoms with Crippen LogP contribution >= 0.6 is 0 Å². The minimum atomic E-state index is -0.0803. The van der Waals surface area contributed by atoms with E-state index in [0.29, 0.717) is 18.1 Å². The van der Waals surface area contributed by atoms with Crippen molar-refractivity contribution in [1.29, 1.82) is 0 Å². The molecule has 1 amide bonds. The summed E-state index contributed by atoms with van der Waals surface area (Å²) in [6.07, 6.45) is 4.19. The van der Waals surface area contributed by atoms with Gasteiger partial charge in [0.05, 0.1) is 7.11 Å². The predicted molar refractivity (Wildman–Crippen MR) is 88.7 cm³/mol. The first-order chi connectivity index (χ1) is 11.7. The molecule has 0 N–H and O–H groups in total. The van der Waals surface area contributed by atoms with Crippen molar-refractivity contribution in [2.75, 3.05) is 13.7 Å². The summed E-state index contributed by atoms with van der Waals surface area (Å²) in [6.45, 7) is 2.55. The fourth-order valence-electron chi connectivity index (χ4n) is 3.12. The molecule has 0 aliphatic carbocycles. The molecule has 1 aromatic heterocycles. The maximum atomic E-state index is 12.7. The molecule has 24 heavy (non-hydrogen) atoms. The van der Waals surface area contributed by atoms with E-state index in [1.165, 1.54) is 0 Å². The number of ether oxygens (including phenoxy) is 1. The van der Waals surface area contributed by atoms with E-state index >= 15 is 0 Å². The molecule has 1 fully saturated rings. The Bertz CT molecular complexity index is 681. The average Bonchev–Trinajstić information content (AvgIpc) is 3.06. The molecule has 0 spiro atoms. The first-order valence-electron chi connectivity index (χ1n) is 8.40. The lowest BCUT2D eigenvalue weighted by molar-refractivity contribution is -0.135. The van der Waals surface area contributed by atoms with Gasteiger partial charge >= 0.3 is 0 Å². The number of carbonyl (C=O) groups excluding carboxylic acids is 1. The maximum Gasteiger partial charge on any atom is 0.249 e. The SMILES string of the molecule is COc1ccc(CCC(=O)N2CCCCC2c2nc(C)no2)cc1. The van der Waals surface area contributed by atoms with Gasteiger partial charge in [0.2, 0.25) is 11.8 Å². The van der Waals surface area contributed by atoms with E-state index in [1.807, 2.05) is 29.2 Å². The Hall–Kier alpha value is -2.37. The quantitative estimate of drug-likeness (QED) is 0.843. The van der Waals surface area contributed by atoms with Crippen LogP contribution in [0.3, 0.4) is 0 Å². The van der Waals surface area contributed by atoms with E-state index in [9.17, 15) is 4.79 Å². The summed E-state index contributed by atoms with van der Waals surface area (Å²) in [5.41, 5.74) is 1.13. The van der Waals surface area contributed by atoms with Crippen LogP contribution in [0.25, 0.3) is 0 Å². The summed E-state index contributed by atoms with van der Waals surface area (Å²) in [5, 5.41) is 3.86. The first-order valence-corrected chi connectivity index (χ1v) is 8.40. The molecular formula is C18H23N3O3. The topological polar surface area (TPSA) is 68.5 Å². The van der Waals surface area contributed by atoms with Crippen LogP contribution in [0, 0.1) is 6.92 Å². The summed E-state index contributed by atoms with van der Waals surface area (Å²) in [7, 11) is 1.65. The minimum absolute atomic E-state index is 0.0803. The Morgan fingerprint density at radius 1 is 1.33 bits per heavy atom. The Labute approximate surface area is 141 Å². The number of carbonyl (C=O) groups is 1. The summed E-state index contributed by atoms with van der Waals surface area (Å²) in [4.78, 5) is 18.9. The lowest BCUT2D eigenvalue weighted by Crippen LogP contribution is -2.38. The van der Waals surface area contributed by atoms with Gasteiger partial charge in [0.25, 0.3) is 0 Å². The molecule has 6 heteroatoms. The highest BCUT2D eigenvalue weighted by Crippen LogP contribution is 2.30. The smallest absolute Gasteiger partial charge is 0.249 e. The van der Waals surface area contributed by atoms with Gasteiger partial charge in [0.1, 0.15) is 11.8 Å². The van der Waals surface area contributed by atoms with Gasteiger partial charge in [-0.3, -0.25) is 4.79 Å². The largest absolute Gasteiger partial charge is 0.497 e. The van der Waals surface area contributed by atoms with Crippen molar-refractivity contribution in [2.45, 2.75) is 45.1 Å². The molecule has 0 bridgehead atoms. The number of hydrogen-bond donors (Lipinski definition) is 0. The number of rotatable bonds is 5. The number of piperidine rings is 1. The van der Waals surface area contributed by atoms with Crippen LogP contribution in [-0.2, 0) is 11.2 Å². The Kier molecular flexibility index (Phi) is 5.13. The van der Waals surface area contributed by atoms with Gasteiger partial charge in [0, 0.05) is 13.0 Å². The van der Waals surface area contributed by atoms with Crippen LogP contribution in [-0.4, -0.2) is 34.6 Å². The summed E-state index contributed by atoms with van der Waals surface area (Å²) < 4.78 is 10.5. The lowest BCUT2D eigenvalue weighted by atomic mass is 10.0. The molecular weight excluding hydrogens is 306 g/mol. The van der Waals surface area contributed by atoms with Gasteiger partial charge in [-0.15, -0.1) is 0 Å². The number of nitrogens with zero attached hydrogens (tertiary/aromatic N) is 3. The summed E-state index contributed by atoms with van der Waals surface area (Å²) >= 11 is 0. The lowest BCUT2D eigenvalue weighted by Gasteiger charge is -2.33. The van der Waals surface area contributed by atoms with Crippen molar-refractivity contribution in [1.82, 2.24) is 15.0 Å². The van der Waals surface area contributed by atoms with Gasteiger partial charge in [-0.05, 0) is 50.3 Å². The highest BCUT2D eigenvalue weighted by Gasteiger charge is 2.31. The average molecular weight is 329 g/mol. The molecule has 3 rings (SSSR count). The normalized spacial score (nSPS) is 17.8.